The molecule has 6 heteroatoms. The van der Waals surface area contributed by atoms with Crippen molar-refractivity contribution in [3.05, 3.63) is 42.5 Å². The van der Waals surface area contributed by atoms with Crippen LogP contribution in [0.5, 0.6) is 5.75 Å². The monoisotopic (exact) mass is 259 g/mol. The summed E-state index contributed by atoms with van der Waals surface area (Å²) in [6.45, 7) is 0. The molecule has 0 aliphatic heterocycles. The minimum Gasteiger partial charge on any atom is -0.477 e. The van der Waals surface area contributed by atoms with E-state index in [1.807, 2.05) is 30.3 Å². The van der Waals surface area contributed by atoms with E-state index in [0.29, 0.717) is 5.75 Å². The predicted octanol–water partition coefficient (Wildman–Crippen LogP) is 0.903. The molecule has 0 spiro atoms. The molecule has 19 heavy (non-hydrogen) atoms. The van der Waals surface area contributed by atoms with Gasteiger partial charge in [0.15, 0.2) is 5.96 Å². The molecule has 5 N–H and O–H groups in total. The Balaban J connectivity index is 2.39. The summed E-state index contributed by atoms with van der Waals surface area (Å²) in [6.07, 6.45) is -1.46. The molecule has 0 radical (unpaired) electrons. The number of aliphatic imine (C=N–C) groups is 1. The van der Waals surface area contributed by atoms with Crippen molar-refractivity contribution in [1.29, 1.82) is 0 Å². The third-order valence-electron chi connectivity index (χ3n) is 2.47. The minimum atomic E-state index is -1.46. The van der Waals surface area contributed by atoms with Crippen molar-refractivity contribution < 1.29 is 14.6 Å². The third kappa shape index (κ3) is 2.92. The SMILES string of the molecule is NC(N)=NC(Oc1cccc2ccccc12)C(=O)O. The Morgan fingerprint density at radius 3 is 2.53 bits per heavy atom. The summed E-state index contributed by atoms with van der Waals surface area (Å²) in [5, 5.41) is 10.7. The van der Waals surface area contributed by atoms with Crippen LogP contribution in [0.3, 0.4) is 0 Å². The number of ether oxygens (including phenoxy) is 1. The second kappa shape index (κ2) is 5.26. The van der Waals surface area contributed by atoms with E-state index in [4.69, 9.17) is 21.3 Å². The van der Waals surface area contributed by atoms with Crippen LogP contribution < -0.4 is 16.2 Å². The van der Waals surface area contributed by atoms with Gasteiger partial charge in [-0.1, -0.05) is 36.4 Å². The highest BCUT2D eigenvalue weighted by molar-refractivity contribution is 5.89. The average molecular weight is 259 g/mol. The van der Waals surface area contributed by atoms with E-state index < -0.39 is 12.2 Å². The number of aliphatic carboxylic acids is 1. The van der Waals surface area contributed by atoms with Gasteiger partial charge in [0.2, 0.25) is 0 Å². The topological polar surface area (TPSA) is 111 Å². The molecule has 2 rings (SSSR count). The fourth-order valence-electron chi connectivity index (χ4n) is 1.69. The van der Waals surface area contributed by atoms with E-state index in [-0.39, 0.29) is 5.96 Å². The number of carbonyl (C=O) groups is 1. The Bertz CT molecular complexity index is 631. The standard InChI is InChI=1S/C13H13N3O3/c14-13(15)16-11(12(17)18)19-10-7-3-5-8-4-1-2-6-9(8)10/h1-7,11H,(H,17,18)(H4,14,15,16). The molecule has 2 aromatic carbocycles. The first-order valence-electron chi connectivity index (χ1n) is 5.54. The number of nitrogens with zero attached hydrogens (tertiary/aromatic N) is 1. The number of benzene rings is 2. The summed E-state index contributed by atoms with van der Waals surface area (Å²) in [7, 11) is 0. The maximum atomic E-state index is 11.0. The first-order chi connectivity index (χ1) is 9.08. The fraction of sp³-hybridized carbons (Fsp3) is 0.0769. The number of guanidine groups is 1. The second-order valence-electron chi connectivity index (χ2n) is 3.84. The summed E-state index contributed by atoms with van der Waals surface area (Å²) in [5.74, 6) is -1.19. The molecule has 6 nitrogen and oxygen atoms in total. The lowest BCUT2D eigenvalue weighted by molar-refractivity contribution is -0.144. The molecule has 0 aromatic heterocycles. The average Bonchev–Trinajstić information content (AvgIpc) is 2.37. The van der Waals surface area contributed by atoms with Crippen molar-refractivity contribution in [3.8, 4) is 5.75 Å². The van der Waals surface area contributed by atoms with Gasteiger partial charge in [0, 0.05) is 5.39 Å². The highest BCUT2D eigenvalue weighted by Gasteiger charge is 2.19. The second-order valence-corrected chi connectivity index (χ2v) is 3.84. The van der Waals surface area contributed by atoms with Crippen LogP contribution in [0.25, 0.3) is 10.8 Å². The molecule has 0 bridgehead atoms. The van der Waals surface area contributed by atoms with E-state index in [9.17, 15) is 4.79 Å². The van der Waals surface area contributed by atoms with E-state index >= 15 is 0 Å². The van der Waals surface area contributed by atoms with Crippen LogP contribution >= 0.6 is 0 Å². The molecule has 1 unspecified atom stereocenters. The van der Waals surface area contributed by atoms with Crippen LogP contribution in [0.4, 0.5) is 0 Å². The molecule has 2 aromatic rings. The van der Waals surface area contributed by atoms with Crippen LogP contribution in [0.1, 0.15) is 0 Å². The van der Waals surface area contributed by atoms with Gasteiger partial charge < -0.3 is 21.3 Å². The Labute approximate surface area is 109 Å². The molecule has 0 saturated carbocycles. The van der Waals surface area contributed by atoms with Gasteiger partial charge >= 0.3 is 5.97 Å². The lowest BCUT2D eigenvalue weighted by Gasteiger charge is -2.13. The van der Waals surface area contributed by atoms with Crippen molar-refractivity contribution in [2.75, 3.05) is 0 Å². The number of hydrogen-bond acceptors (Lipinski definition) is 3. The zero-order valence-electron chi connectivity index (χ0n) is 9.98. The van der Waals surface area contributed by atoms with Gasteiger partial charge in [-0.15, -0.1) is 0 Å². The fourth-order valence-corrected chi connectivity index (χ4v) is 1.69. The van der Waals surface area contributed by atoms with Crippen molar-refractivity contribution in [1.82, 2.24) is 0 Å². The van der Waals surface area contributed by atoms with Gasteiger partial charge in [0.25, 0.3) is 6.23 Å². The van der Waals surface area contributed by atoms with Crippen LogP contribution in [-0.4, -0.2) is 23.3 Å². The quantitative estimate of drug-likeness (QED) is 0.558. The Hall–Kier alpha value is -2.76. The number of fused-ring (bicyclic) bond motifs is 1. The molecular formula is C13H13N3O3. The van der Waals surface area contributed by atoms with Crippen molar-refractivity contribution in [2.45, 2.75) is 6.23 Å². The van der Waals surface area contributed by atoms with E-state index in [1.165, 1.54) is 0 Å². The Kier molecular flexibility index (Phi) is 3.51. The predicted molar refractivity (Wildman–Crippen MR) is 71.8 cm³/mol. The lowest BCUT2D eigenvalue weighted by atomic mass is 10.1. The zero-order valence-corrected chi connectivity index (χ0v) is 9.98. The van der Waals surface area contributed by atoms with Crippen molar-refractivity contribution >= 4 is 22.7 Å². The third-order valence-corrected chi connectivity index (χ3v) is 2.47. The number of rotatable bonds is 4. The molecule has 0 aliphatic carbocycles. The molecule has 0 aliphatic rings. The van der Waals surface area contributed by atoms with Crippen LogP contribution in [0.2, 0.25) is 0 Å². The van der Waals surface area contributed by atoms with Gasteiger partial charge in [0.1, 0.15) is 5.75 Å². The minimum absolute atomic E-state index is 0.340. The van der Waals surface area contributed by atoms with Crippen LogP contribution in [-0.2, 0) is 4.79 Å². The highest BCUT2D eigenvalue weighted by Crippen LogP contribution is 2.26. The number of carboxylic acid groups (broad SMARTS) is 1. The number of nitrogens with two attached hydrogens (primary N) is 2. The van der Waals surface area contributed by atoms with Gasteiger partial charge in [-0.2, -0.15) is 4.99 Å². The highest BCUT2D eigenvalue weighted by atomic mass is 16.5. The number of hydrogen-bond donors (Lipinski definition) is 3. The summed E-state index contributed by atoms with van der Waals surface area (Å²) in [5.41, 5.74) is 10.4. The first kappa shape index (κ1) is 12.7. The summed E-state index contributed by atoms with van der Waals surface area (Å²) >= 11 is 0. The maximum Gasteiger partial charge on any atom is 0.368 e. The van der Waals surface area contributed by atoms with E-state index in [0.717, 1.165) is 10.8 Å². The van der Waals surface area contributed by atoms with Gasteiger partial charge in [-0.05, 0) is 11.5 Å². The van der Waals surface area contributed by atoms with Gasteiger partial charge in [0.05, 0.1) is 0 Å². The molecule has 98 valence electrons. The molecule has 0 saturated heterocycles. The summed E-state index contributed by atoms with van der Waals surface area (Å²) < 4.78 is 5.35. The smallest absolute Gasteiger partial charge is 0.368 e. The van der Waals surface area contributed by atoms with Gasteiger partial charge in [-0.3, -0.25) is 0 Å². The van der Waals surface area contributed by atoms with Gasteiger partial charge in [-0.25, -0.2) is 4.79 Å². The molecule has 1 atom stereocenters. The maximum absolute atomic E-state index is 11.0. The molecule has 0 fully saturated rings. The van der Waals surface area contributed by atoms with Crippen LogP contribution in [0.15, 0.2) is 47.5 Å². The van der Waals surface area contributed by atoms with Crippen LogP contribution in [0, 0.1) is 0 Å². The van der Waals surface area contributed by atoms with E-state index in [1.54, 1.807) is 12.1 Å². The number of carboxylic acids is 1. The summed E-state index contributed by atoms with van der Waals surface area (Å²) in [6, 6.07) is 12.8. The molecular weight excluding hydrogens is 246 g/mol. The van der Waals surface area contributed by atoms with E-state index in [2.05, 4.69) is 4.99 Å². The largest absolute Gasteiger partial charge is 0.477 e. The lowest BCUT2D eigenvalue weighted by Crippen LogP contribution is -2.32. The zero-order chi connectivity index (χ0) is 13.8. The molecule has 0 amide bonds. The normalized spacial score (nSPS) is 11.8. The first-order valence-corrected chi connectivity index (χ1v) is 5.54. The molecule has 0 heterocycles. The Morgan fingerprint density at radius 2 is 1.84 bits per heavy atom. The van der Waals surface area contributed by atoms with Crippen molar-refractivity contribution in [3.63, 3.8) is 0 Å². The summed E-state index contributed by atoms with van der Waals surface area (Å²) in [4.78, 5) is 14.6. The van der Waals surface area contributed by atoms with Crippen molar-refractivity contribution in [2.24, 2.45) is 16.5 Å². The Morgan fingerprint density at radius 1 is 1.16 bits per heavy atom.